The van der Waals surface area contributed by atoms with Crippen LogP contribution in [-0.4, -0.2) is 49.4 Å². The second-order valence-electron chi connectivity index (χ2n) is 6.90. The quantitative estimate of drug-likeness (QED) is 0.544. The van der Waals surface area contributed by atoms with Crippen LogP contribution in [0.4, 0.5) is 4.79 Å². The molecule has 0 radical (unpaired) electrons. The van der Waals surface area contributed by atoms with Crippen molar-refractivity contribution < 1.29 is 33.5 Å². The fourth-order valence-corrected chi connectivity index (χ4v) is 2.33. The lowest BCUT2D eigenvalue weighted by Gasteiger charge is -2.20. The van der Waals surface area contributed by atoms with Crippen molar-refractivity contribution in [3.8, 4) is 11.5 Å². The molecule has 26 heavy (non-hydrogen) atoms. The SMILES string of the molecule is CC(=O)COc1ccc2c(c1OCCNC(=O)OC(C)(C)C)B(O)OC2. The minimum atomic E-state index is -1.13. The molecule has 2 N–H and O–H groups in total. The molecule has 142 valence electrons. The number of amides is 1. The molecule has 0 fully saturated rings. The topological polar surface area (TPSA) is 103 Å². The third-order valence-corrected chi connectivity index (χ3v) is 3.34. The summed E-state index contributed by atoms with van der Waals surface area (Å²) in [4.78, 5) is 22.8. The first-order valence-corrected chi connectivity index (χ1v) is 8.34. The van der Waals surface area contributed by atoms with Gasteiger partial charge in [-0.3, -0.25) is 4.79 Å². The highest BCUT2D eigenvalue weighted by Gasteiger charge is 2.33. The summed E-state index contributed by atoms with van der Waals surface area (Å²) in [5, 5.41) is 12.6. The Labute approximate surface area is 152 Å². The molecular weight excluding hydrogens is 341 g/mol. The molecule has 0 unspecified atom stereocenters. The van der Waals surface area contributed by atoms with Crippen molar-refractivity contribution in [2.75, 3.05) is 19.8 Å². The molecule has 1 aromatic carbocycles. The number of nitrogens with one attached hydrogen (secondary N) is 1. The molecule has 1 aliphatic rings. The first kappa shape index (κ1) is 20.1. The number of Topliss-reactive ketones (excluding diaryl/α,β-unsaturated/α-hetero) is 1. The number of hydrogen-bond donors (Lipinski definition) is 2. The molecule has 0 spiro atoms. The predicted octanol–water partition coefficient (Wildman–Crippen LogP) is 0.776. The van der Waals surface area contributed by atoms with Crippen LogP contribution < -0.4 is 20.3 Å². The Morgan fingerprint density at radius 2 is 2.04 bits per heavy atom. The predicted molar refractivity (Wildman–Crippen MR) is 94.7 cm³/mol. The van der Waals surface area contributed by atoms with Gasteiger partial charge in [-0.25, -0.2) is 4.79 Å². The molecule has 2 rings (SSSR count). The van der Waals surface area contributed by atoms with Crippen molar-refractivity contribution in [2.24, 2.45) is 0 Å². The Hall–Kier alpha value is -2.26. The van der Waals surface area contributed by atoms with Gasteiger partial charge < -0.3 is 29.2 Å². The average Bonchev–Trinajstić information content (AvgIpc) is 2.90. The van der Waals surface area contributed by atoms with E-state index in [1.807, 2.05) is 0 Å². The van der Waals surface area contributed by atoms with E-state index >= 15 is 0 Å². The van der Waals surface area contributed by atoms with E-state index < -0.39 is 18.8 Å². The first-order valence-electron chi connectivity index (χ1n) is 8.34. The number of benzene rings is 1. The van der Waals surface area contributed by atoms with Crippen molar-refractivity contribution in [3.05, 3.63) is 17.7 Å². The van der Waals surface area contributed by atoms with Crippen LogP contribution in [0.25, 0.3) is 0 Å². The first-order chi connectivity index (χ1) is 12.2. The third-order valence-electron chi connectivity index (χ3n) is 3.34. The zero-order chi connectivity index (χ0) is 19.3. The van der Waals surface area contributed by atoms with E-state index in [0.29, 0.717) is 17.0 Å². The van der Waals surface area contributed by atoms with Gasteiger partial charge >= 0.3 is 13.2 Å². The zero-order valence-electron chi connectivity index (χ0n) is 15.5. The van der Waals surface area contributed by atoms with Crippen molar-refractivity contribution >= 4 is 24.5 Å². The van der Waals surface area contributed by atoms with Crippen LogP contribution in [0.5, 0.6) is 11.5 Å². The van der Waals surface area contributed by atoms with Crippen LogP contribution in [0.3, 0.4) is 0 Å². The van der Waals surface area contributed by atoms with Crippen molar-refractivity contribution in [3.63, 3.8) is 0 Å². The summed E-state index contributed by atoms with van der Waals surface area (Å²) in [6, 6.07) is 3.42. The van der Waals surface area contributed by atoms with Gasteiger partial charge in [0.05, 0.1) is 13.2 Å². The molecule has 0 saturated carbocycles. The maximum Gasteiger partial charge on any atom is 0.495 e. The lowest BCUT2D eigenvalue weighted by atomic mass is 9.78. The number of ketones is 1. The number of carbonyl (C=O) groups excluding carboxylic acids is 2. The summed E-state index contributed by atoms with van der Waals surface area (Å²) in [7, 11) is -1.13. The van der Waals surface area contributed by atoms with Crippen LogP contribution in [0.2, 0.25) is 0 Å². The van der Waals surface area contributed by atoms with Crippen molar-refractivity contribution in [1.29, 1.82) is 0 Å². The fourth-order valence-electron chi connectivity index (χ4n) is 2.33. The maximum absolute atomic E-state index is 11.6. The Bertz CT molecular complexity index is 672. The van der Waals surface area contributed by atoms with Crippen molar-refractivity contribution in [2.45, 2.75) is 39.9 Å². The molecular formula is C17H24BNO7. The minimum Gasteiger partial charge on any atom is -0.488 e. The Morgan fingerprint density at radius 3 is 2.69 bits per heavy atom. The van der Waals surface area contributed by atoms with E-state index in [1.165, 1.54) is 6.92 Å². The summed E-state index contributed by atoms with van der Waals surface area (Å²) >= 11 is 0. The number of ether oxygens (including phenoxy) is 3. The average molecular weight is 365 g/mol. The van der Waals surface area contributed by atoms with Crippen LogP contribution in [0.1, 0.15) is 33.3 Å². The van der Waals surface area contributed by atoms with E-state index in [-0.39, 0.29) is 32.1 Å². The largest absolute Gasteiger partial charge is 0.495 e. The van der Waals surface area contributed by atoms with Gasteiger partial charge in [-0.2, -0.15) is 0 Å². The number of rotatable bonds is 7. The summed E-state index contributed by atoms with van der Waals surface area (Å²) < 4.78 is 21.5. The van der Waals surface area contributed by atoms with Crippen LogP contribution in [0, 0.1) is 0 Å². The third kappa shape index (κ3) is 5.64. The van der Waals surface area contributed by atoms with Crippen LogP contribution >= 0.6 is 0 Å². The Morgan fingerprint density at radius 1 is 1.31 bits per heavy atom. The van der Waals surface area contributed by atoms with Crippen LogP contribution in [-0.2, 0) is 20.8 Å². The van der Waals surface area contributed by atoms with Gasteiger partial charge in [0, 0.05) is 5.46 Å². The number of hydrogen-bond acceptors (Lipinski definition) is 7. The summed E-state index contributed by atoms with van der Waals surface area (Å²) in [6.07, 6.45) is -0.546. The summed E-state index contributed by atoms with van der Waals surface area (Å²) in [5.74, 6) is 0.500. The lowest BCUT2D eigenvalue weighted by Crippen LogP contribution is -2.35. The number of fused-ring (bicyclic) bond motifs is 1. The van der Waals surface area contributed by atoms with E-state index in [4.69, 9.17) is 18.9 Å². The molecule has 1 amide bonds. The highest BCUT2D eigenvalue weighted by molar-refractivity contribution is 6.62. The van der Waals surface area contributed by atoms with Crippen molar-refractivity contribution in [1.82, 2.24) is 5.32 Å². The molecule has 1 aromatic rings. The van der Waals surface area contributed by atoms with Gasteiger partial charge in [0.15, 0.2) is 17.3 Å². The van der Waals surface area contributed by atoms with E-state index in [1.54, 1.807) is 32.9 Å². The normalized spacial score (nSPS) is 13.2. The molecule has 0 bridgehead atoms. The second-order valence-corrected chi connectivity index (χ2v) is 6.90. The van der Waals surface area contributed by atoms with Gasteiger partial charge in [0.2, 0.25) is 0 Å². The molecule has 1 heterocycles. The molecule has 8 nitrogen and oxygen atoms in total. The van der Waals surface area contributed by atoms with Gasteiger partial charge in [0.1, 0.15) is 18.8 Å². The smallest absolute Gasteiger partial charge is 0.488 e. The lowest BCUT2D eigenvalue weighted by molar-refractivity contribution is -0.118. The molecule has 1 aliphatic heterocycles. The number of carbonyl (C=O) groups is 2. The van der Waals surface area contributed by atoms with Crippen LogP contribution in [0.15, 0.2) is 12.1 Å². The second kappa shape index (κ2) is 8.42. The molecule has 9 heteroatoms. The Balaban J connectivity index is 2.01. The highest BCUT2D eigenvalue weighted by Crippen LogP contribution is 2.29. The minimum absolute atomic E-state index is 0.109. The number of alkyl carbamates (subject to hydrolysis) is 1. The fraction of sp³-hybridized carbons (Fsp3) is 0.529. The molecule has 0 aliphatic carbocycles. The molecule has 0 atom stereocenters. The molecule has 0 saturated heterocycles. The highest BCUT2D eigenvalue weighted by atomic mass is 16.6. The van der Waals surface area contributed by atoms with Gasteiger partial charge in [-0.05, 0) is 39.3 Å². The molecule has 0 aromatic heterocycles. The monoisotopic (exact) mass is 365 g/mol. The van der Waals surface area contributed by atoms with E-state index in [2.05, 4.69) is 5.32 Å². The maximum atomic E-state index is 11.6. The van der Waals surface area contributed by atoms with Gasteiger partial charge in [0.25, 0.3) is 0 Å². The Kier molecular flexibility index (Phi) is 6.49. The zero-order valence-corrected chi connectivity index (χ0v) is 15.5. The standard InChI is InChI=1S/C17H24BNO7/c1-11(20)9-24-13-6-5-12-10-25-18(22)14(12)15(13)23-8-7-19-16(21)26-17(2,3)4/h5-6,22H,7-10H2,1-4H3,(H,19,21). The van der Waals surface area contributed by atoms with E-state index in [9.17, 15) is 14.6 Å². The summed E-state index contributed by atoms with van der Waals surface area (Å²) in [5.41, 5.74) is 0.673. The van der Waals surface area contributed by atoms with Gasteiger partial charge in [-0.15, -0.1) is 0 Å². The summed E-state index contributed by atoms with van der Waals surface area (Å²) in [6.45, 7) is 7.21. The van der Waals surface area contributed by atoms with E-state index in [0.717, 1.165) is 5.56 Å². The van der Waals surface area contributed by atoms with Gasteiger partial charge in [-0.1, -0.05) is 6.07 Å².